The molecule has 2 aromatic rings. The number of nitrogens with one attached hydrogen (secondary N) is 1. The Labute approximate surface area is 119 Å². The van der Waals surface area contributed by atoms with Crippen LogP contribution in [0.25, 0.3) is 0 Å². The minimum Gasteiger partial charge on any atom is -0.339 e. The maximum absolute atomic E-state index is 5.35. The van der Waals surface area contributed by atoms with E-state index in [1.807, 2.05) is 0 Å². The second-order valence-corrected chi connectivity index (χ2v) is 5.67. The summed E-state index contributed by atoms with van der Waals surface area (Å²) in [5, 5.41) is 7.47. The third kappa shape index (κ3) is 3.45. The van der Waals surface area contributed by atoms with Gasteiger partial charge in [-0.2, -0.15) is 4.98 Å². The Morgan fingerprint density at radius 2 is 2.35 bits per heavy atom. The van der Waals surface area contributed by atoms with Crippen LogP contribution in [-0.2, 0) is 12.8 Å². The van der Waals surface area contributed by atoms with Crippen molar-refractivity contribution in [3.05, 3.63) is 47.1 Å². The summed E-state index contributed by atoms with van der Waals surface area (Å²) in [6.45, 7) is 4.37. The molecule has 0 saturated carbocycles. The van der Waals surface area contributed by atoms with Crippen molar-refractivity contribution in [2.75, 3.05) is 13.1 Å². The topological polar surface area (TPSA) is 51.0 Å². The third-order valence-electron chi connectivity index (χ3n) is 3.88. The van der Waals surface area contributed by atoms with Gasteiger partial charge in [-0.15, -0.1) is 0 Å². The van der Waals surface area contributed by atoms with Crippen LogP contribution in [0.1, 0.15) is 35.7 Å². The summed E-state index contributed by atoms with van der Waals surface area (Å²) >= 11 is 0. The van der Waals surface area contributed by atoms with E-state index in [9.17, 15) is 0 Å². The molecule has 3 rings (SSSR count). The average molecular weight is 271 g/mol. The Morgan fingerprint density at radius 3 is 3.15 bits per heavy atom. The van der Waals surface area contributed by atoms with Gasteiger partial charge in [0.1, 0.15) is 0 Å². The number of aryl methyl sites for hydroxylation is 2. The molecule has 1 unspecified atom stereocenters. The quantitative estimate of drug-likeness (QED) is 0.908. The van der Waals surface area contributed by atoms with E-state index in [0.29, 0.717) is 0 Å². The molecule has 4 nitrogen and oxygen atoms in total. The van der Waals surface area contributed by atoms with Gasteiger partial charge in [0, 0.05) is 12.8 Å². The molecular formula is C16H21N3O. The minimum absolute atomic E-state index is 0.746. The number of aromatic nitrogens is 2. The lowest BCUT2D eigenvalue weighted by Crippen LogP contribution is -2.09. The van der Waals surface area contributed by atoms with E-state index >= 15 is 0 Å². The van der Waals surface area contributed by atoms with Crippen LogP contribution in [0.3, 0.4) is 0 Å². The molecule has 1 N–H and O–H groups in total. The van der Waals surface area contributed by atoms with Gasteiger partial charge in [0.15, 0.2) is 5.82 Å². The first-order valence-corrected chi connectivity index (χ1v) is 7.37. The molecule has 1 atom stereocenters. The Bertz CT molecular complexity index is 558. The van der Waals surface area contributed by atoms with Crippen molar-refractivity contribution in [3.63, 3.8) is 0 Å². The lowest BCUT2D eigenvalue weighted by molar-refractivity contribution is 0.361. The van der Waals surface area contributed by atoms with Gasteiger partial charge in [0.05, 0.1) is 0 Å². The lowest BCUT2D eigenvalue weighted by atomic mass is 10.0. The van der Waals surface area contributed by atoms with Gasteiger partial charge in [-0.3, -0.25) is 0 Å². The van der Waals surface area contributed by atoms with Crippen molar-refractivity contribution < 1.29 is 4.52 Å². The van der Waals surface area contributed by atoms with Gasteiger partial charge in [-0.05, 0) is 44.3 Å². The predicted octanol–water partition coefficient (Wildman–Crippen LogP) is 2.51. The second-order valence-electron chi connectivity index (χ2n) is 5.67. The summed E-state index contributed by atoms with van der Waals surface area (Å²) in [5.41, 5.74) is 2.50. The molecule has 1 fully saturated rings. The molecule has 0 spiro atoms. The number of benzene rings is 1. The fourth-order valence-electron chi connectivity index (χ4n) is 2.76. The zero-order chi connectivity index (χ0) is 13.8. The molecule has 0 bridgehead atoms. The fourth-order valence-corrected chi connectivity index (χ4v) is 2.76. The van der Waals surface area contributed by atoms with Crippen molar-refractivity contribution in [2.45, 2.75) is 32.6 Å². The first-order valence-electron chi connectivity index (χ1n) is 7.37. The minimum atomic E-state index is 0.746. The summed E-state index contributed by atoms with van der Waals surface area (Å²) in [7, 11) is 0. The molecule has 106 valence electrons. The molecule has 1 aromatic carbocycles. The molecule has 0 amide bonds. The molecule has 4 heteroatoms. The van der Waals surface area contributed by atoms with Crippen LogP contribution in [0.4, 0.5) is 0 Å². The van der Waals surface area contributed by atoms with Crippen LogP contribution >= 0.6 is 0 Å². The van der Waals surface area contributed by atoms with Gasteiger partial charge in [-0.1, -0.05) is 35.0 Å². The van der Waals surface area contributed by atoms with Gasteiger partial charge in [0.25, 0.3) is 0 Å². The van der Waals surface area contributed by atoms with Gasteiger partial charge < -0.3 is 9.84 Å². The molecule has 2 heterocycles. The van der Waals surface area contributed by atoms with Crippen LogP contribution in [-0.4, -0.2) is 23.2 Å². The highest BCUT2D eigenvalue weighted by atomic mass is 16.5. The molecule has 20 heavy (non-hydrogen) atoms. The van der Waals surface area contributed by atoms with Crippen molar-refractivity contribution in [2.24, 2.45) is 5.92 Å². The number of rotatable bonds is 5. The average Bonchev–Trinajstić information content (AvgIpc) is 3.07. The first-order chi connectivity index (χ1) is 9.79. The Hall–Kier alpha value is -1.68. The van der Waals surface area contributed by atoms with Crippen LogP contribution in [0.2, 0.25) is 0 Å². The molecule has 0 aliphatic carbocycles. The van der Waals surface area contributed by atoms with Crippen LogP contribution in [0.15, 0.2) is 28.8 Å². The van der Waals surface area contributed by atoms with E-state index in [1.165, 1.54) is 17.5 Å². The summed E-state index contributed by atoms with van der Waals surface area (Å²) in [4.78, 5) is 4.50. The fraction of sp³-hybridized carbons (Fsp3) is 0.500. The van der Waals surface area contributed by atoms with Crippen molar-refractivity contribution >= 4 is 0 Å². The monoisotopic (exact) mass is 271 g/mol. The Kier molecular flexibility index (Phi) is 4.11. The zero-order valence-electron chi connectivity index (χ0n) is 11.9. The number of hydrogen-bond acceptors (Lipinski definition) is 4. The normalized spacial score (nSPS) is 18.6. The first kappa shape index (κ1) is 13.3. The highest BCUT2D eigenvalue weighted by molar-refractivity contribution is 5.24. The van der Waals surface area contributed by atoms with Crippen LogP contribution in [0.5, 0.6) is 0 Å². The van der Waals surface area contributed by atoms with E-state index in [2.05, 4.69) is 46.6 Å². The molecule has 1 saturated heterocycles. The highest BCUT2D eigenvalue weighted by Crippen LogP contribution is 2.16. The van der Waals surface area contributed by atoms with Crippen molar-refractivity contribution in [3.8, 4) is 0 Å². The van der Waals surface area contributed by atoms with E-state index in [1.54, 1.807) is 0 Å². The van der Waals surface area contributed by atoms with Gasteiger partial charge in [-0.25, -0.2) is 0 Å². The molecule has 0 radical (unpaired) electrons. The summed E-state index contributed by atoms with van der Waals surface area (Å²) in [5.74, 6) is 2.33. The Morgan fingerprint density at radius 1 is 1.40 bits per heavy atom. The molecule has 1 aromatic heterocycles. The largest absolute Gasteiger partial charge is 0.339 e. The van der Waals surface area contributed by atoms with Crippen molar-refractivity contribution in [1.29, 1.82) is 0 Å². The smallest absolute Gasteiger partial charge is 0.226 e. The molecule has 1 aliphatic heterocycles. The van der Waals surface area contributed by atoms with Gasteiger partial charge >= 0.3 is 0 Å². The van der Waals surface area contributed by atoms with Crippen LogP contribution < -0.4 is 5.32 Å². The van der Waals surface area contributed by atoms with E-state index < -0.39 is 0 Å². The van der Waals surface area contributed by atoms with E-state index in [0.717, 1.165) is 50.0 Å². The Balaban J connectivity index is 1.56. The van der Waals surface area contributed by atoms with Crippen LogP contribution in [0, 0.1) is 12.8 Å². The molecule has 1 aliphatic rings. The SMILES string of the molecule is Cc1cccc(Cc2noc(CCC3CCNC3)n2)c1. The van der Waals surface area contributed by atoms with Crippen molar-refractivity contribution in [1.82, 2.24) is 15.5 Å². The number of nitrogens with zero attached hydrogens (tertiary/aromatic N) is 2. The number of hydrogen-bond donors (Lipinski definition) is 1. The maximum atomic E-state index is 5.35. The lowest BCUT2D eigenvalue weighted by Gasteiger charge is -2.03. The third-order valence-corrected chi connectivity index (χ3v) is 3.88. The highest BCUT2D eigenvalue weighted by Gasteiger charge is 2.16. The predicted molar refractivity (Wildman–Crippen MR) is 77.6 cm³/mol. The maximum Gasteiger partial charge on any atom is 0.226 e. The van der Waals surface area contributed by atoms with E-state index in [4.69, 9.17) is 4.52 Å². The van der Waals surface area contributed by atoms with Gasteiger partial charge in [0.2, 0.25) is 5.89 Å². The zero-order valence-corrected chi connectivity index (χ0v) is 11.9. The summed E-state index contributed by atoms with van der Waals surface area (Å²) in [6.07, 6.45) is 4.05. The summed E-state index contributed by atoms with van der Waals surface area (Å²) < 4.78 is 5.35. The molecular weight excluding hydrogens is 250 g/mol. The second kappa shape index (κ2) is 6.18. The summed E-state index contributed by atoms with van der Waals surface area (Å²) in [6, 6.07) is 8.44. The van der Waals surface area contributed by atoms with E-state index in [-0.39, 0.29) is 0 Å². The standard InChI is InChI=1S/C16H21N3O/c1-12-3-2-4-14(9-12)10-15-18-16(20-19-15)6-5-13-7-8-17-11-13/h2-4,9,13,17H,5-8,10-11H2,1H3.